The van der Waals surface area contributed by atoms with E-state index in [1.807, 2.05) is 24.5 Å². The fourth-order valence-electron chi connectivity index (χ4n) is 3.96. The quantitative estimate of drug-likeness (QED) is 0.940. The molecule has 2 fully saturated rings. The summed E-state index contributed by atoms with van der Waals surface area (Å²) in [6, 6.07) is 8.06. The molecule has 0 radical (unpaired) electrons. The van der Waals surface area contributed by atoms with Gasteiger partial charge in [-0.25, -0.2) is 0 Å². The first-order chi connectivity index (χ1) is 11.7. The number of aromatic nitrogens is 2. The molecule has 1 N–H and O–H groups in total. The summed E-state index contributed by atoms with van der Waals surface area (Å²) in [5.74, 6) is 0.142. The van der Waals surface area contributed by atoms with Gasteiger partial charge in [-0.1, -0.05) is 0 Å². The predicted octanol–water partition coefficient (Wildman–Crippen LogP) is 2.11. The average molecular weight is 322 g/mol. The van der Waals surface area contributed by atoms with Crippen LogP contribution in [0.3, 0.4) is 0 Å². The molecule has 2 aliphatic rings. The monoisotopic (exact) mass is 322 g/mol. The number of carbonyl (C=O) groups is 1. The van der Waals surface area contributed by atoms with Gasteiger partial charge < -0.3 is 5.32 Å². The van der Waals surface area contributed by atoms with Crippen LogP contribution in [0, 0.1) is 0 Å². The lowest BCUT2D eigenvalue weighted by molar-refractivity contribution is -0.121. The van der Waals surface area contributed by atoms with Gasteiger partial charge in [0, 0.05) is 50.0 Å². The van der Waals surface area contributed by atoms with Gasteiger partial charge in [-0.05, 0) is 54.7 Å². The van der Waals surface area contributed by atoms with Crippen molar-refractivity contribution < 1.29 is 4.79 Å². The van der Waals surface area contributed by atoms with Crippen LogP contribution in [-0.4, -0.2) is 39.4 Å². The minimum Gasteiger partial charge on any atom is -0.350 e. The highest BCUT2D eigenvalue weighted by Crippen LogP contribution is 2.39. The van der Waals surface area contributed by atoms with Crippen molar-refractivity contribution in [1.82, 2.24) is 20.2 Å². The summed E-state index contributed by atoms with van der Waals surface area (Å²) in [6.45, 7) is 3.00. The van der Waals surface area contributed by atoms with E-state index in [0.717, 1.165) is 44.5 Å². The van der Waals surface area contributed by atoms with Crippen LogP contribution >= 0.6 is 0 Å². The van der Waals surface area contributed by atoms with Gasteiger partial charge >= 0.3 is 0 Å². The second kappa shape index (κ2) is 6.32. The molecule has 2 aromatic rings. The van der Waals surface area contributed by atoms with Crippen molar-refractivity contribution in [2.75, 3.05) is 13.1 Å². The summed E-state index contributed by atoms with van der Waals surface area (Å²) < 4.78 is 0. The summed E-state index contributed by atoms with van der Waals surface area (Å²) >= 11 is 0. The molecule has 2 aliphatic heterocycles. The van der Waals surface area contributed by atoms with Crippen molar-refractivity contribution >= 4 is 5.91 Å². The Morgan fingerprint density at radius 2 is 1.67 bits per heavy atom. The molecule has 124 valence electrons. The molecule has 0 aromatic carbocycles. The number of rotatable bonds is 3. The number of pyridine rings is 2. The summed E-state index contributed by atoms with van der Waals surface area (Å²) in [6.07, 6.45) is 10.2. The predicted molar refractivity (Wildman–Crippen MR) is 91.2 cm³/mol. The first-order valence-corrected chi connectivity index (χ1v) is 8.57. The summed E-state index contributed by atoms with van der Waals surface area (Å²) in [5, 5.41) is 3.31. The van der Waals surface area contributed by atoms with Gasteiger partial charge in [-0.3, -0.25) is 19.7 Å². The number of nitrogens with one attached hydrogen (secondary N) is 1. The average Bonchev–Trinajstić information content (AvgIpc) is 2.95. The topological polar surface area (TPSA) is 58.1 Å². The zero-order valence-corrected chi connectivity index (χ0v) is 13.7. The molecule has 5 heteroatoms. The SMILES string of the molecule is O=C1NC2(CCN(Cc3ccncc3)CC2)CC1c1ccncc1. The zero-order chi connectivity index (χ0) is 16.4. The van der Waals surface area contributed by atoms with Crippen LogP contribution in [-0.2, 0) is 11.3 Å². The number of amides is 1. The lowest BCUT2D eigenvalue weighted by atomic mass is 9.82. The second-order valence-electron chi connectivity index (χ2n) is 6.94. The van der Waals surface area contributed by atoms with Crippen molar-refractivity contribution in [1.29, 1.82) is 0 Å². The lowest BCUT2D eigenvalue weighted by Crippen LogP contribution is -2.50. The van der Waals surface area contributed by atoms with Crippen molar-refractivity contribution in [3.8, 4) is 0 Å². The molecule has 0 saturated carbocycles. The number of hydrogen-bond acceptors (Lipinski definition) is 4. The van der Waals surface area contributed by atoms with Crippen LogP contribution < -0.4 is 5.32 Å². The van der Waals surface area contributed by atoms with Crippen LogP contribution in [0.2, 0.25) is 0 Å². The third kappa shape index (κ3) is 3.04. The maximum absolute atomic E-state index is 12.5. The van der Waals surface area contributed by atoms with Gasteiger partial charge in [0.25, 0.3) is 0 Å². The molecule has 24 heavy (non-hydrogen) atoms. The van der Waals surface area contributed by atoms with Crippen LogP contribution in [0.4, 0.5) is 0 Å². The van der Waals surface area contributed by atoms with E-state index < -0.39 is 0 Å². The van der Waals surface area contributed by atoms with Gasteiger partial charge in [0.1, 0.15) is 0 Å². The number of piperidine rings is 1. The van der Waals surface area contributed by atoms with Gasteiger partial charge in [0.15, 0.2) is 0 Å². The number of hydrogen-bond donors (Lipinski definition) is 1. The smallest absolute Gasteiger partial charge is 0.228 e. The first-order valence-electron chi connectivity index (χ1n) is 8.57. The Morgan fingerprint density at radius 3 is 2.33 bits per heavy atom. The molecule has 1 unspecified atom stereocenters. The lowest BCUT2D eigenvalue weighted by Gasteiger charge is -2.39. The summed E-state index contributed by atoms with van der Waals surface area (Å²) in [4.78, 5) is 23.1. The minimum absolute atomic E-state index is 0.0280. The van der Waals surface area contributed by atoms with E-state index in [-0.39, 0.29) is 17.4 Å². The fraction of sp³-hybridized carbons (Fsp3) is 0.421. The third-order valence-corrected chi connectivity index (χ3v) is 5.38. The van der Waals surface area contributed by atoms with E-state index in [1.165, 1.54) is 5.56 Å². The van der Waals surface area contributed by atoms with Gasteiger partial charge in [0.2, 0.25) is 5.91 Å². The molecule has 0 aliphatic carbocycles. The Bertz CT molecular complexity index is 696. The Labute approximate surface area is 142 Å². The highest BCUT2D eigenvalue weighted by molar-refractivity contribution is 5.87. The van der Waals surface area contributed by atoms with E-state index >= 15 is 0 Å². The molecule has 4 rings (SSSR count). The zero-order valence-electron chi connectivity index (χ0n) is 13.7. The first kappa shape index (κ1) is 15.3. The maximum Gasteiger partial charge on any atom is 0.228 e. The van der Waals surface area contributed by atoms with E-state index in [1.54, 1.807) is 12.4 Å². The molecule has 0 bridgehead atoms. The Kier molecular flexibility index (Phi) is 4.02. The molecular weight excluding hydrogens is 300 g/mol. The molecule has 2 aromatic heterocycles. The molecule has 1 amide bonds. The van der Waals surface area contributed by atoms with E-state index in [0.29, 0.717) is 0 Å². The molecule has 5 nitrogen and oxygen atoms in total. The van der Waals surface area contributed by atoms with E-state index in [4.69, 9.17) is 0 Å². The van der Waals surface area contributed by atoms with Crippen LogP contribution in [0.15, 0.2) is 49.1 Å². The van der Waals surface area contributed by atoms with Crippen molar-refractivity contribution in [3.63, 3.8) is 0 Å². The molecule has 4 heterocycles. The highest BCUT2D eigenvalue weighted by Gasteiger charge is 2.46. The Balaban J connectivity index is 1.39. The standard InChI is InChI=1S/C19H22N4O/c24-18-17(16-3-9-21-10-4-16)13-19(22-18)5-11-23(12-6-19)14-15-1-7-20-8-2-15/h1-4,7-10,17H,5-6,11-14H2,(H,22,24). The van der Waals surface area contributed by atoms with Gasteiger partial charge in [-0.15, -0.1) is 0 Å². The number of likely N-dealkylation sites (tertiary alicyclic amines) is 1. The molecule has 1 atom stereocenters. The van der Waals surface area contributed by atoms with Gasteiger partial charge in [0.05, 0.1) is 5.92 Å². The number of carbonyl (C=O) groups excluding carboxylic acids is 1. The van der Waals surface area contributed by atoms with Crippen LogP contribution in [0.25, 0.3) is 0 Å². The number of nitrogens with zero attached hydrogens (tertiary/aromatic N) is 3. The molecule has 1 spiro atoms. The van der Waals surface area contributed by atoms with Crippen LogP contribution in [0.5, 0.6) is 0 Å². The normalized spacial score (nSPS) is 23.3. The Morgan fingerprint density at radius 1 is 1.04 bits per heavy atom. The molecule has 2 saturated heterocycles. The molecular formula is C19H22N4O. The summed E-state index contributed by atoms with van der Waals surface area (Å²) in [7, 11) is 0. The van der Waals surface area contributed by atoms with Crippen molar-refractivity contribution in [2.24, 2.45) is 0 Å². The summed E-state index contributed by atoms with van der Waals surface area (Å²) in [5.41, 5.74) is 2.35. The van der Waals surface area contributed by atoms with Gasteiger partial charge in [-0.2, -0.15) is 0 Å². The largest absolute Gasteiger partial charge is 0.350 e. The van der Waals surface area contributed by atoms with Crippen molar-refractivity contribution in [3.05, 3.63) is 60.2 Å². The maximum atomic E-state index is 12.5. The highest BCUT2D eigenvalue weighted by atomic mass is 16.2. The van der Waals surface area contributed by atoms with Crippen LogP contribution in [0.1, 0.15) is 36.3 Å². The third-order valence-electron chi connectivity index (χ3n) is 5.38. The minimum atomic E-state index is -0.0280. The fourth-order valence-corrected chi connectivity index (χ4v) is 3.96. The van der Waals surface area contributed by atoms with E-state index in [9.17, 15) is 4.79 Å². The van der Waals surface area contributed by atoms with E-state index in [2.05, 4.69) is 32.3 Å². The van der Waals surface area contributed by atoms with Crippen molar-refractivity contribution in [2.45, 2.75) is 37.3 Å². The second-order valence-corrected chi connectivity index (χ2v) is 6.94. The Hall–Kier alpha value is -2.27.